The van der Waals surface area contributed by atoms with Gasteiger partial charge in [0.05, 0.1) is 12.6 Å². The largest absolute Gasteiger partial charge is 0.393 e. The Morgan fingerprint density at radius 3 is 2.80 bits per heavy atom. The standard InChI is InChI=1S/C12H21NO2/c1-8-6-10(14)4-3-5-11-9(2)13(8)7-12(11)15/h8-11,14H,3-7H2,1-2H3. The SMILES string of the molecule is CC1CC(O)CCCC2C(=O)CN1C2C. The molecule has 0 aromatic carbocycles. The third-order valence-corrected chi connectivity index (χ3v) is 4.09. The zero-order chi connectivity index (χ0) is 11.0. The van der Waals surface area contributed by atoms with E-state index in [0.29, 0.717) is 24.4 Å². The van der Waals surface area contributed by atoms with E-state index in [1.807, 2.05) is 0 Å². The van der Waals surface area contributed by atoms with Gasteiger partial charge in [0.2, 0.25) is 0 Å². The highest BCUT2D eigenvalue weighted by atomic mass is 16.3. The van der Waals surface area contributed by atoms with Crippen LogP contribution in [0.4, 0.5) is 0 Å². The number of fused-ring (bicyclic) bond motifs is 2. The minimum Gasteiger partial charge on any atom is -0.393 e. The molecule has 0 aromatic heterocycles. The van der Waals surface area contributed by atoms with Crippen molar-refractivity contribution >= 4 is 5.78 Å². The van der Waals surface area contributed by atoms with Crippen molar-refractivity contribution < 1.29 is 9.90 Å². The van der Waals surface area contributed by atoms with Gasteiger partial charge in [-0.3, -0.25) is 9.69 Å². The number of Topliss-reactive ketones (excluding diaryl/α,β-unsaturated/α-hetero) is 1. The lowest BCUT2D eigenvalue weighted by Crippen LogP contribution is -2.38. The Morgan fingerprint density at radius 2 is 2.07 bits per heavy atom. The Balaban J connectivity index is 2.15. The summed E-state index contributed by atoms with van der Waals surface area (Å²) in [5.74, 6) is 0.628. The van der Waals surface area contributed by atoms with Crippen LogP contribution in [0.25, 0.3) is 0 Å². The average Bonchev–Trinajstić information content (AvgIpc) is 2.45. The summed E-state index contributed by atoms with van der Waals surface area (Å²) in [4.78, 5) is 14.1. The first-order chi connectivity index (χ1) is 7.09. The summed E-state index contributed by atoms with van der Waals surface area (Å²) in [7, 11) is 0. The molecule has 2 aliphatic heterocycles. The van der Waals surface area contributed by atoms with Crippen molar-refractivity contribution in [2.24, 2.45) is 5.92 Å². The van der Waals surface area contributed by atoms with Gasteiger partial charge in [-0.05, 0) is 33.1 Å². The minimum atomic E-state index is -0.179. The first-order valence-electron chi connectivity index (χ1n) is 6.06. The number of carbonyl (C=O) groups is 1. The fourth-order valence-corrected chi connectivity index (χ4v) is 3.12. The molecule has 2 rings (SSSR count). The molecule has 5 unspecified atom stereocenters. The van der Waals surface area contributed by atoms with Gasteiger partial charge in [0.1, 0.15) is 0 Å². The summed E-state index contributed by atoms with van der Waals surface area (Å²) in [6.45, 7) is 4.88. The maximum atomic E-state index is 11.8. The van der Waals surface area contributed by atoms with Crippen LogP contribution >= 0.6 is 0 Å². The van der Waals surface area contributed by atoms with E-state index in [4.69, 9.17) is 0 Å². The number of ketones is 1. The van der Waals surface area contributed by atoms with E-state index < -0.39 is 0 Å². The number of rotatable bonds is 0. The second-order valence-electron chi connectivity index (χ2n) is 5.16. The Kier molecular flexibility index (Phi) is 3.12. The van der Waals surface area contributed by atoms with Gasteiger partial charge in [-0.15, -0.1) is 0 Å². The van der Waals surface area contributed by atoms with Crippen LogP contribution in [-0.2, 0) is 4.79 Å². The van der Waals surface area contributed by atoms with Crippen molar-refractivity contribution in [2.45, 2.75) is 57.7 Å². The number of aliphatic hydroxyl groups excluding tert-OH is 1. The molecule has 15 heavy (non-hydrogen) atoms. The Morgan fingerprint density at radius 1 is 1.33 bits per heavy atom. The molecule has 0 radical (unpaired) electrons. The van der Waals surface area contributed by atoms with Crippen molar-refractivity contribution in [1.29, 1.82) is 0 Å². The number of nitrogens with zero attached hydrogens (tertiary/aromatic N) is 1. The Labute approximate surface area is 91.5 Å². The van der Waals surface area contributed by atoms with E-state index in [1.165, 1.54) is 0 Å². The van der Waals surface area contributed by atoms with Gasteiger partial charge in [-0.2, -0.15) is 0 Å². The monoisotopic (exact) mass is 211 g/mol. The zero-order valence-electron chi connectivity index (χ0n) is 9.65. The maximum Gasteiger partial charge on any atom is 0.151 e. The van der Waals surface area contributed by atoms with Gasteiger partial charge < -0.3 is 5.11 Å². The molecule has 2 heterocycles. The second kappa shape index (κ2) is 4.22. The molecule has 0 saturated carbocycles. The van der Waals surface area contributed by atoms with Gasteiger partial charge >= 0.3 is 0 Å². The van der Waals surface area contributed by atoms with Crippen molar-refractivity contribution in [1.82, 2.24) is 4.90 Å². The maximum absolute atomic E-state index is 11.8. The normalized spacial score (nSPS) is 47.1. The molecule has 2 bridgehead atoms. The van der Waals surface area contributed by atoms with Crippen LogP contribution in [0.1, 0.15) is 39.5 Å². The predicted molar refractivity (Wildman–Crippen MR) is 58.6 cm³/mol. The average molecular weight is 211 g/mol. The molecule has 86 valence electrons. The number of aliphatic hydroxyl groups is 1. The van der Waals surface area contributed by atoms with Gasteiger partial charge in [0.25, 0.3) is 0 Å². The van der Waals surface area contributed by atoms with Crippen LogP contribution in [0.2, 0.25) is 0 Å². The lowest BCUT2D eigenvalue weighted by molar-refractivity contribution is -0.120. The molecular weight excluding hydrogens is 190 g/mol. The predicted octanol–water partition coefficient (Wildman–Crippen LogP) is 1.20. The highest BCUT2D eigenvalue weighted by molar-refractivity contribution is 5.85. The van der Waals surface area contributed by atoms with Gasteiger partial charge in [-0.1, -0.05) is 6.42 Å². The van der Waals surface area contributed by atoms with Crippen molar-refractivity contribution in [3.05, 3.63) is 0 Å². The first-order valence-corrected chi connectivity index (χ1v) is 6.06. The summed E-state index contributed by atoms with van der Waals surface area (Å²) < 4.78 is 0. The summed E-state index contributed by atoms with van der Waals surface area (Å²) in [5, 5.41) is 9.78. The molecule has 2 aliphatic rings. The molecule has 3 heteroatoms. The molecule has 0 amide bonds. The number of hydrogen-bond acceptors (Lipinski definition) is 3. The first kappa shape index (κ1) is 11.1. The van der Waals surface area contributed by atoms with Crippen LogP contribution in [0.5, 0.6) is 0 Å². The summed E-state index contributed by atoms with van der Waals surface area (Å²) in [6, 6.07) is 0.708. The van der Waals surface area contributed by atoms with Crippen molar-refractivity contribution in [2.75, 3.05) is 6.54 Å². The van der Waals surface area contributed by atoms with E-state index in [2.05, 4.69) is 18.7 Å². The van der Waals surface area contributed by atoms with E-state index >= 15 is 0 Å². The minimum absolute atomic E-state index is 0.179. The molecule has 0 aliphatic carbocycles. The van der Waals surface area contributed by atoms with Crippen molar-refractivity contribution in [3.63, 3.8) is 0 Å². The quantitative estimate of drug-likeness (QED) is 0.654. The highest BCUT2D eigenvalue weighted by Crippen LogP contribution is 2.31. The van der Waals surface area contributed by atoms with Crippen LogP contribution < -0.4 is 0 Å². The fourth-order valence-electron chi connectivity index (χ4n) is 3.12. The Hall–Kier alpha value is -0.410. The molecule has 0 aromatic rings. The topological polar surface area (TPSA) is 40.5 Å². The molecule has 0 spiro atoms. The fraction of sp³-hybridized carbons (Fsp3) is 0.917. The second-order valence-corrected chi connectivity index (χ2v) is 5.16. The van der Waals surface area contributed by atoms with E-state index in [9.17, 15) is 9.90 Å². The van der Waals surface area contributed by atoms with Crippen LogP contribution in [0, 0.1) is 5.92 Å². The third-order valence-electron chi connectivity index (χ3n) is 4.09. The summed E-state index contributed by atoms with van der Waals surface area (Å²) >= 11 is 0. The van der Waals surface area contributed by atoms with Gasteiger partial charge in [0.15, 0.2) is 5.78 Å². The van der Waals surface area contributed by atoms with E-state index in [0.717, 1.165) is 25.7 Å². The lowest BCUT2D eigenvalue weighted by Gasteiger charge is -2.29. The zero-order valence-corrected chi connectivity index (χ0v) is 9.65. The van der Waals surface area contributed by atoms with E-state index in [-0.39, 0.29) is 12.0 Å². The highest BCUT2D eigenvalue weighted by Gasteiger charge is 2.40. The van der Waals surface area contributed by atoms with Gasteiger partial charge in [0, 0.05) is 18.0 Å². The van der Waals surface area contributed by atoms with Crippen LogP contribution in [-0.4, -0.2) is 40.5 Å². The van der Waals surface area contributed by atoms with Crippen LogP contribution in [0.3, 0.4) is 0 Å². The number of hydrogen-bond donors (Lipinski definition) is 1. The molecule has 3 nitrogen and oxygen atoms in total. The number of carbonyl (C=O) groups excluding carboxylic acids is 1. The molecule has 2 fully saturated rings. The van der Waals surface area contributed by atoms with Crippen molar-refractivity contribution in [3.8, 4) is 0 Å². The molecule has 1 N–H and O–H groups in total. The Bertz CT molecular complexity index is 254. The van der Waals surface area contributed by atoms with Gasteiger partial charge in [-0.25, -0.2) is 0 Å². The summed E-state index contributed by atoms with van der Waals surface area (Å²) in [5.41, 5.74) is 0. The molecule has 2 saturated heterocycles. The molecule has 5 atom stereocenters. The lowest BCUT2D eigenvalue weighted by atomic mass is 9.94. The third kappa shape index (κ3) is 2.08. The van der Waals surface area contributed by atoms with E-state index in [1.54, 1.807) is 0 Å². The molecular formula is C12H21NO2. The van der Waals surface area contributed by atoms with Crippen LogP contribution in [0.15, 0.2) is 0 Å². The smallest absolute Gasteiger partial charge is 0.151 e. The summed E-state index contributed by atoms with van der Waals surface area (Å²) in [6.07, 6.45) is 3.43.